The van der Waals surface area contributed by atoms with E-state index in [1.165, 1.54) is 7.05 Å². The van der Waals surface area contributed by atoms with Crippen LogP contribution < -0.4 is 20.7 Å². The van der Waals surface area contributed by atoms with Crippen molar-refractivity contribution in [3.63, 3.8) is 0 Å². The molecular formula is C20H20N8O3. The number of fused-ring (bicyclic) bond motifs is 3. The van der Waals surface area contributed by atoms with Crippen LogP contribution in [0.15, 0.2) is 24.3 Å². The summed E-state index contributed by atoms with van der Waals surface area (Å²) in [6.45, 7) is 2.09. The van der Waals surface area contributed by atoms with E-state index in [9.17, 15) is 9.59 Å². The topological polar surface area (TPSA) is 136 Å². The number of nitrogens with zero attached hydrogens (tertiary/aromatic N) is 5. The van der Waals surface area contributed by atoms with Crippen LogP contribution in [0.2, 0.25) is 0 Å². The Hall–Kier alpha value is -4.02. The molecule has 1 aromatic carbocycles. The SMILES string of the molecule is CNC(=O)c1nnc(NC(=O)C2CC2)cc1Nc1cccc2c1OCc1nc(C)nn1-2. The Morgan fingerprint density at radius 3 is 2.81 bits per heavy atom. The molecule has 3 heterocycles. The largest absolute Gasteiger partial charge is 0.481 e. The Balaban J connectivity index is 1.52. The summed E-state index contributed by atoms with van der Waals surface area (Å²) in [5, 5.41) is 21.0. The Bertz CT molecular complexity index is 1200. The molecule has 0 spiro atoms. The van der Waals surface area contributed by atoms with Crippen LogP contribution in [0.25, 0.3) is 5.69 Å². The minimum Gasteiger partial charge on any atom is -0.481 e. The molecule has 3 N–H and O–H groups in total. The third kappa shape index (κ3) is 3.54. The predicted octanol–water partition coefficient (Wildman–Crippen LogP) is 1.71. The Morgan fingerprint density at radius 1 is 1.19 bits per heavy atom. The number of amides is 2. The van der Waals surface area contributed by atoms with Gasteiger partial charge in [0.15, 0.2) is 23.1 Å². The van der Waals surface area contributed by atoms with Gasteiger partial charge in [0, 0.05) is 19.0 Å². The van der Waals surface area contributed by atoms with Crippen LogP contribution in [-0.4, -0.2) is 43.8 Å². The van der Waals surface area contributed by atoms with Gasteiger partial charge in [0.05, 0.1) is 11.4 Å². The number of benzene rings is 1. The molecule has 2 amide bonds. The molecule has 11 nitrogen and oxygen atoms in total. The molecular weight excluding hydrogens is 400 g/mol. The van der Waals surface area contributed by atoms with E-state index in [1.54, 1.807) is 10.7 Å². The summed E-state index contributed by atoms with van der Waals surface area (Å²) >= 11 is 0. The smallest absolute Gasteiger partial charge is 0.273 e. The highest BCUT2D eigenvalue weighted by atomic mass is 16.5. The van der Waals surface area contributed by atoms with E-state index >= 15 is 0 Å². The van der Waals surface area contributed by atoms with Crippen LogP contribution in [0, 0.1) is 12.8 Å². The fourth-order valence-electron chi connectivity index (χ4n) is 3.38. The molecule has 1 fully saturated rings. The number of hydrogen-bond donors (Lipinski definition) is 3. The molecule has 11 heteroatoms. The van der Waals surface area contributed by atoms with Gasteiger partial charge in [0.25, 0.3) is 5.91 Å². The number of nitrogens with one attached hydrogen (secondary N) is 3. The van der Waals surface area contributed by atoms with Crippen LogP contribution in [0.4, 0.5) is 17.2 Å². The molecule has 2 aliphatic rings. The number of anilines is 3. The zero-order valence-corrected chi connectivity index (χ0v) is 17.0. The maximum atomic E-state index is 12.3. The van der Waals surface area contributed by atoms with E-state index in [1.807, 2.05) is 25.1 Å². The number of hydrogen-bond acceptors (Lipinski definition) is 8. The van der Waals surface area contributed by atoms with E-state index in [-0.39, 0.29) is 29.9 Å². The lowest BCUT2D eigenvalue weighted by atomic mass is 10.2. The van der Waals surface area contributed by atoms with Crippen LogP contribution in [0.1, 0.15) is 35.0 Å². The van der Waals surface area contributed by atoms with E-state index < -0.39 is 5.91 Å². The van der Waals surface area contributed by atoms with Crippen LogP contribution >= 0.6 is 0 Å². The number of aromatic nitrogens is 5. The van der Waals surface area contributed by atoms with Crippen LogP contribution in [0.3, 0.4) is 0 Å². The molecule has 2 aromatic heterocycles. The number of para-hydroxylation sites is 1. The number of ether oxygens (including phenoxy) is 1. The second-order valence-corrected chi connectivity index (χ2v) is 7.39. The van der Waals surface area contributed by atoms with Gasteiger partial charge in [-0.1, -0.05) is 6.07 Å². The summed E-state index contributed by atoms with van der Waals surface area (Å²) in [5.41, 5.74) is 1.84. The van der Waals surface area contributed by atoms with E-state index in [2.05, 4.69) is 36.2 Å². The number of carbonyl (C=O) groups is 2. The third-order valence-electron chi connectivity index (χ3n) is 5.05. The van der Waals surface area contributed by atoms with E-state index in [0.29, 0.717) is 28.8 Å². The molecule has 1 aliphatic carbocycles. The quantitative estimate of drug-likeness (QED) is 0.568. The van der Waals surface area contributed by atoms with Gasteiger partial charge in [-0.2, -0.15) is 5.10 Å². The number of carbonyl (C=O) groups excluding carboxylic acids is 2. The fourth-order valence-corrected chi connectivity index (χ4v) is 3.38. The Labute approximate surface area is 177 Å². The van der Waals surface area contributed by atoms with E-state index in [4.69, 9.17) is 4.74 Å². The first kappa shape index (κ1) is 19.0. The van der Waals surface area contributed by atoms with Gasteiger partial charge in [0.2, 0.25) is 5.91 Å². The second kappa shape index (κ2) is 7.35. The lowest BCUT2D eigenvalue weighted by Crippen LogP contribution is -2.22. The summed E-state index contributed by atoms with van der Waals surface area (Å²) < 4.78 is 7.68. The monoisotopic (exact) mass is 420 g/mol. The molecule has 0 unspecified atom stereocenters. The molecule has 0 radical (unpaired) electrons. The van der Waals surface area contributed by atoms with Crippen molar-refractivity contribution in [2.24, 2.45) is 5.92 Å². The van der Waals surface area contributed by atoms with Crippen molar-refractivity contribution in [1.29, 1.82) is 0 Å². The summed E-state index contributed by atoms with van der Waals surface area (Å²) in [7, 11) is 1.51. The normalized spacial score (nSPS) is 14.1. The maximum Gasteiger partial charge on any atom is 0.273 e. The average molecular weight is 420 g/mol. The van der Waals surface area contributed by atoms with Crippen molar-refractivity contribution in [3.05, 3.63) is 41.6 Å². The summed E-state index contributed by atoms with van der Waals surface area (Å²) in [6.07, 6.45) is 1.75. The van der Waals surface area contributed by atoms with Gasteiger partial charge < -0.3 is 20.7 Å². The first-order chi connectivity index (χ1) is 15.0. The molecule has 1 saturated carbocycles. The van der Waals surface area contributed by atoms with Crippen LogP contribution in [0.5, 0.6) is 5.75 Å². The highest BCUT2D eigenvalue weighted by molar-refractivity contribution is 6.00. The number of aryl methyl sites for hydroxylation is 1. The zero-order chi connectivity index (χ0) is 21.5. The molecule has 31 heavy (non-hydrogen) atoms. The highest BCUT2D eigenvalue weighted by Crippen LogP contribution is 2.38. The second-order valence-electron chi connectivity index (χ2n) is 7.39. The van der Waals surface area contributed by atoms with Gasteiger partial charge >= 0.3 is 0 Å². The Kier molecular flexibility index (Phi) is 4.50. The summed E-state index contributed by atoms with van der Waals surface area (Å²) in [6, 6.07) is 7.14. The molecule has 1 aliphatic heterocycles. The molecule has 0 bridgehead atoms. The molecule has 0 atom stereocenters. The lowest BCUT2D eigenvalue weighted by molar-refractivity contribution is -0.117. The van der Waals surface area contributed by atoms with Crippen molar-refractivity contribution < 1.29 is 14.3 Å². The standard InChI is InChI=1S/C20H20N8O3/c1-10-22-16-9-31-18-12(4-3-5-14(18)28(16)27-10)23-13-8-15(24-19(29)11-6-7-11)25-26-17(13)20(30)21-2/h3-5,8,11H,6-7,9H2,1-2H3,(H,21,30)(H2,23,24,25,29). The maximum absolute atomic E-state index is 12.3. The lowest BCUT2D eigenvalue weighted by Gasteiger charge is -2.21. The molecule has 158 valence electrons. The molecule has 5 rings (SSSR count). The van der Waals surface area contributed by atoms with Crippen molar-refractivity contribution >= 4 is 29.0 Å². The summed E-state index contributed by atoms with van der Waals surface area (Å²) in [4.78, 5) is 28.8. The summed E-state index contributed by atoms with van der Waals surface area (Å²) in [5.74, 6) is 1.73. The van der Waals surface area contributed by atoms with Crippen molar-refractivity contribution in [2.45, 2.75) is 26.4 Å². The third-order valence-corrected chi connectivity index (χ3v) is 5.05. The van der Waals surface area contributed by atoms with Gasteiger partial charge in [0.1, 0.15) is 18.1 Å². The van der Waals surface area contributed by atoms with Crippen molar-refractivity contribution in [2.75, 3.05) is 17.7 Å². The number of rotatable bonds is 5. The van der Waals surface area contributed by atoms with Gasteiger partial charge in [-0.05, 0) is 31.9 Å². The van der Waals surface area contributed by atoms with Crippen LogP contribution in [-0.2, 0) is 11.4 Å². The molecule has 0 saturated heterocycles. The minimum atomic E-state index is -0.407. The van der Waals surface area contributed by atoms with E-state index in [0.717, 1.165) is 18.5 Å². The van der Waals surface area contributed by atoms with Crippen molar-refractivity contribution in [3.8, 4) is 11.4 Å². The first-order valence-corrected chi connectivity index (χ1v) is 9.90. The van der Waals surface area contributed by atoms with Crippen molar-refractivity contribution in [1.82, 2.24) is 30.3 Å². The molecule has 3 aromatic rings. The highest BCUT2D eigenvalue weighted by Gasteiger charge is 2.30. The fraction of sp³-hybridized carbons (Fsp3) is 0.300. The van der Waals surface area contributed by atoms with Gasteiger partial charge in [-0.25, -0.2) is 9.67 Å². The zero-order valence-electron chi connectivity index (χ0n) is 17.0. The van der Waals surface area contributed by atoms with Gasteiger partial charge in [-0.15, -0.1) is 10.2 Å². The predicted molar refractivity (Wildman–Crippen MR) is 110 cm³/mol. The Morgan fingerprint density at radius 2 is 2.03 bits per heavy atom. The van der Waals surface area contributed by atoms with Gasteiger partial charge in [-0.3, -0.25) is 9.59 Å². The minimum absolute atomic E-state index is 0.0201. The average Bonchev–Trinajstić information content (AvgIpc) is 3.54. The first-order valence-electron chi connectivity index (χ1n) is 9.90.